The Hall–Kier alpha value is -4.97. The minimum absolute atomic E-state index is 0.608. The molecular weight excluding hydrogens is 432 g/mol. The molecule has 0 spiro atoms. The maximum absolute atomic E-state index is 6.21. The second-order valence-electron chi connectivity index (χ2n) is 8.50. The van der Waals surface area contributed by atoms with Gasteiger partial charge in [0.25, 0.3) is 0 Å². The topological polar surface area (TPSA) is 73.0 Å². The molecule has 0 aliphatic rings. The van der Waals surface area contributed by atoms with Gasteiger partial charge < -0.3 is 5.73 Å². The van der Waals surface area contributed by atoms with E-state index in [1.165, 1.54) is 0 Å². The second-order valence-corrected chi connectivity index (χ2v) is 8.50. The molecule has 7 rings (SSSR count). The van der Waals surface area contributed by atoms with E-state index in [0.717, 1.165) is 50.0 Å². The highest BCUT2D eigenvalue weighted by molar-refractivity contribution is 5.98. The zero-order valence-corrected chi connectivity index (χ0v) is 18.7. The highest BCUT2D eigenvalue weighted by atomic mass is 15.2. The van der Waals surface area contributed by atoms with E-state index in [9.17, 15) is 0 Å². The summed E-state index contributed by atoms with van der Waals surface area (Å²) < 4.78 is 4.39. The molecule has 7 aromatic rings. The second kappa shape index (κ2) is 7.53. The number of hydrogen-bond donors (Lipinski definition) is 1. The lowest BCUT2D eigenvalue weighted by atomic mass is 10.1. The Morgan fingerprint density at radius 3 is 2.20 bits per heavy atom. The van der Waals surface area contributed by atoms with Gasteiger partial charge in [-0.3, -0.25) is 8.97 Å². The number of benzene rings is 5. The lowest BCUT2D eigenvalue weighted by molar-refractivity contribution is 1.11. The average molecular weight is 453 g/mol. The number of azo groups is 1. The van der Waals surface area contributed by atoms with Crippen LogP contribution in [0.25, 0.3) is 44.3 Å². The monoisotopic (exact) mass is 452 g/mol. The molecule has 0 atom stereocenters. The first-order valence-corrected chi connectivity index (χ1v) is 11.4. The van der Waals surface area contributed by atoms with Crippen LogP contribution < -0.4 is 5.73 Å². The van der Waals surface area contributed by atoms with Crippen LogP contribution in [0.1, 0.15) is 0 Å². The van der Waals surface area contributed by atoms with Gasteiger partial charge in [0, 0.05) is 11.1 Å². The van der Waals surface area contributed by atoms with Crippen molar-refractivity contribution in [2.45, 2.75) is 0 Å². The number of nitrogens with two attached hydrogens (primary N) is 1. The van der Waals surface area contributed by atoms with Crippen molar-refractivity contribution in [1.29, 1.82) is 0 Å². The van der Waals surface area contributed by atoms with Gasteiger partial charge in [-0.1, -0.05) is 54.6 Å². The van der Waals surface area contributed by atoms with Crippen LogP contribution in [0.2, 0.25) is 0 Å². The molecule has 35 heavy (non-hydrogen) atoms. The summed E-state index contributed by atoms with van der Waals surface area (Å²) >= 11 is 0. The number of imidazole rings is 2. The van der Waals surface area contributed by atoms with Crippen molar-refractivity contribution in [3.05, 3.63) is 109 Å². The van der Waals surface area contributed by atoms with Gasteiger partial charge in [-0.25, -0.2) is 4.98 Å². The van der Waals surface area contributed by atoms with Gasteiger partial charge in [0.1, 0.15) is 5.69 Å². The van der Waals surface area contributed by atoms with Crippen LogP contribution in [0.4, 0.5) is 17.1 Å². The summed E-state index contributed by atoms with van der Waals surface area (Å²) in [4.78, 5) is 4.94. The van der Waals surface area contributed by atoms with Gasteiger partial charge in [0.15, 0.2) is 0 Å². The summed E-state index contributed by atoms with van der Waals surface area (Å²) in [6, 6.07) is 36.5. The third-order valence-electron chi connectivity index (χ3n) is 6.41. The van der Waals surface area contributed by atoms with E-state index in [2.05, 4.69) is 49.5 Å². The minimum atomic E-state index is 0.608. The molecular formula is C29H20N6. The molecule has 166 valence electrons. The van der Waals surface area contributed by atoms with E-state index in [-0.39, 0.29) is 0 Å². The van der Waals surface area contributed by atoms with Crippen LogP contribution >= 0.6 is 0 Å². The Kier molecular flexibility index (Phi) is 4.20. The number of rotatable bonds is 3. The van der Waals surface area contributed by atoms with E-state index in [1.54, 1.807) is 0 Å². The first-order chi connectivity index (χ1) is 17.3. The van der Waals surface area contributed by atoms with Crippen LogP contribution in [0, 0.1) is 0 Å². The number of hydrogen-bond acceptors (Lipinski definition) is 4. The Balaban J connectivity index is 1.33. The van der Waals surface area contributed by atoms with Crippen LogP contribution in [-0.2, 0) is 0 Å². The molecule has 0 aliphatic carbocycles. The van der Waals surface area contributed by atoms with Crippen molar-refractivity contribution in [3.63, 3.8) is 0 Å². The van der Waals surface area contributed by atoms with Crippen LogP contribution in [0.5, 0.6) is 0 Å². The Morgan fingerprint density at radius 2 is 1.34 bits per heavy atom. The number of anilines is 1. The van der Waals surface area contributed by atoms with Gasteiger partial charge >= 0.3 is 0 Å². The standard InChI is InChI=1S/C29H20N6/c30-23-18-13-19-7-1-2-8-22(19)28(23)33-32-20-14-16-21(17-15-20)34-26-11-5-6-12-27(26)35-25-10-4-3-9-24(25)31-29(34)35/h1-18H,30H2. The molecule has 0 aliphatic heterocycles. The fourth-order valence-electron chi connectivity index (χ4n) is 4.77. The SMILES string of the molecule is Nc1ccc2ccccc2c1N=Nc1ccc(-n2c3ccccc3n3c4ccccc4nc23)cc1. The van der Waals surface area contributed by atoms with Gasteiger partial charge in [-0.2, -0.15) is 5.11 Å². The first-order valence-electron chi connectivity index (χ1n) is 11.4. The molecule has 0 fully saturated rings. The van der Waals surface area contributed by atoms with E-state index in [0.29, 0.717) is 11.4 Å². The molecule has 0 saturated carbocycles. The fourth-order valence-corrected chi connectivity index (χ4v) is 4.77. The zero-order chi connectivity index (χ0) is 23.4. The normalized spacial score (nSPS) is 12.0. The Bertz CT molecular complexity index is 1910. The molecule has 0 bridgehead atoms. The Labute approximate surface area is 200 Å². The summed E-state index contributed by atoms with van der Waals surface area (Å²) in [5, 5.41) is 11.1. The van der Waals surface area contributed by atoms with Crippen LogP contribution in [0.15, 0.2) is 119 Å². The van der Waals surface area contributed by atoms with E-state index < -0.39 is 0 Å². The molecule has 2 aromatic heterocycles. The van der Waals surface area contributed by atoms with Crippen LogP contribution in [0.3, 0.4) is 0 Å². The van der Waals surface area contributed by atoms with Crippen molar-refractivity contribution in [3.8, 4) is 5.69 Å². The maximum atomic E-state index is 6.21. The Morgan fingerprint density at radius 1 is 0.629 bits per heavy atom. The molecule has 0 radical (unpaired) electrons. The summed E-state index contributed by atoms with van der Waals surface area (Å²) in [5.41, 5.74) is 13.5. The number of fused-ring (bicyclic) bond motifs is 6. The van der Waals surface area contributed by atoms with E-state index in [4.69, 9.17) is 10.7 Å². The summed E-state index contributed by atoms with van der Waals surface area (Å²) in [5.74, 6) is 0.880. The van der Waals surface area contributed by atoms with E-state index >= 15 is 0 Å². The molecule has 2 heterocycles. The predicted octanol–water partition coefficient (Wildman–Crippen LogP) is 7.58. The molecule has 6 nitrogen and oxygen atoms in total. The number of nitrogens with zero attached hydrogens (tertiary/aromatic N) is 5. The highest BCUT2D eigenvalue weighted by Gasteiger charge is 2.16. The highest BCUT2D eigenvalue weighted by Crippen LogP contribution is 2.34. The molecule has 0 saturated heterocycles. The van der Waals surface area contributed by atoms with Gasteiger partial charge in [0.05, 0.1) is 33.4 Å². The molecule has 2 N–H and O–H groups in total. The van der Waals surface area contributed by atoms with Gasteiger partial charge in [-0.15, -0.1) is 5.11 Å². The smallest absolute Gasteiger partial charge is 0.220 e. The quantitative estimate of drug-likeness (QED) is 0.222. The number of para-hydroxylation sites is 4. The maximum Gasteiger partial charge on any atom is 0.220 e. The summed E-state index contributed by atoms with van der Waals surface area (Å²) in [6.45, 7) is 0. The molecule has 0 amide bonds. The minimum Gasteiger partial charge on any atom is -0.397 e. The summed E-state index contributed by atoms with van der Waals surface area (Å²) in [7, 11) is 0. The van der Waals surface area contributed by atoms with Crippen molar-refractivity contribution >= 4 is 55.7 Å². The lowest BCUT2D eigenvalue weighted by Crippen LogP contribution is -1.94. The third-order valence-corrected chi connectivity index (χ3v) is 6.41. The van der Waals surface area contributed by atoms with Crippen molar-refractivity contribution in [1.82, 2.24) is 14.0 Å². The largest absolute Gasteiger partial charge is 0.397 e. The predicted molar refractivity (Wildman–Crippen MR) is 142 cm³/mol. The summed E-state index contributed by atoms with van der Waals surface area (Å²) in [6.07, 6.45) is 0. The first kappa shape index (κ1) is 19.5. The van der Waals surface area contributed by atoms with Gasteiger partial charge in [-0.05, 0) is 60.0 Å². The van der Waals surface area contributed by atoms with Crippen molar-refractivity contribution < 1.29 is 0 Å². The van der Waals surface area contributed by atoms with Crippen LogP contribution in [-0.4, -0.2) is 14.0 Å². The zero-order valence-electron chi connectivity index (χ0n) is 18.7. The van der Waals surface area contributed by atoms with Crippen molar-refractivity contribution in [2.24, 2.45) is 10.2 Å². The fraction of sp³-hybridized carbons (Fsp3) is 0. The van der Waals surface area contributed by atoms with E-state index in [1.807, 2.05) is 78.9 Å². The number of nitrogen functional groups attached to an aromatic ring is 1. The number of aromatic nitrogens is 3. The molecule has 5 aromatic carbocycles. The third kappa shape index (κ3) is 3.00. The van der Waals surface area contributed by atoms with Crippen molar-refractivity contribution in [2.75, 3.05) is 5.73 Å². The van der Waals surface area contributed by atoms with Gasteiger partial charge in [0.2, 0.25) is 5.78 Å². The average Bonchev–Trinajstić information content (AvgIpc) is 3.43. The lowest BCUT2D eigenvalue weighted by Gasteiger charge is -2.06. The molecule has 0 unspecified atom stereocenters. The molecule has 6 heteroatoms.